The molecule has 1 atom stereocenters. The lowest BCUT2D eigenvalue weighted by atomic mass is 9.97. The van der Waals surface area contributed by atoms with Crippen molar-refractivity contribution in [2.45, 2.75) is 70.3 Å². The highest BCUT2D eigenvalue weighted by Crippen LogP contribution is 2.29. The summed E-state index contributed by atoms with van der Waals surface area (Å²) in [4.78, 5) is 0. The number of hydrogen-bond donors (Lipinski definition) is 1. The molecule has 1 heteroatoms. The monoisotopic (exact) mass is 210 g/mol. The first-order chi connectivity index (χ1) is 7.33. The zero-order valence-corrected chi connectivity index (χ0v) is 9.96. The van der Waals surface area contributed by atoms with Crippen molar-refractivity contribution >= 4 is 0 Å². The first kappa shape index (κ1) is 12.8. The Morgan fingerprint density at radius 1 is 1.20 bits per heavy atom. The molecule has 1 rings (SSSR count). The Morgan fingerprint density at radius 3 is 2.60 bits per heavy atom. The minimum absolute atomic E-state index is 0.0307. The van der Waals surface area contributed by atoms with Gasteiger partial charge in [-0.05, 0) is 31.6 Å². The molecule has 0 saturated heterocycles. The Morgan fingerprint density at radius 2 is 1.93 bits per heavy atom. The summed E-state index contributed by atoms with van der Waals surface area (Å²) in [5.41, 5.74) is 0. The molecule has 1 aliphatic carbocycles. The van der Waals surface area contributed by atoms with Gasteiger partial charge in [0.2, 0.25) is 0 Å². The van der Waals surface area contributed by atoms with E-state index < -0.39 is 0 Å². The normalized spacial score (nSPS) is 19.3. The molecule has 88 valence electrons. The van der Waals surface area contributed by atoms with Crippen molar-refractivity contribution in [3.8, 4) is 0 Å². The lowest BCUT2D eigenvalue weighted by molar-refractivity contribution is 0.130. The third-order valence-electron chi connectivity index (χ3n) is 3.53. The van der Waals surface area contributed by atoms with Crippen LogP contribution in [0.4, 0.5) is 0 Å². The maximum absolute atomic E-state index is 9.85. The molecule has 1 fully saturated rings. The van der Waals surface area contributed by atoms with Gasteiger partial charge in [0.05, 0.1) is 6.10 Å². The Labute approximate surface area is 94.6 Å². The second kappa shape index (κ2) is 7.92. The summed E-state index contributed by atoms with van der Waals surface area (Å²) < 4.78 is 0. The van der Waals surface area contributed by atoms with Crippen LogP contribution in [0.15, 0.2) is 12.7 Å². The summed E-state index contributed by atoms with van der Waals surface area (Å²) >= 11 is 0. The van der Waals surface area contributed by atoms with Gasteiger partial charge in [0.1, 0.15) is 0 Å². The van der Waals surface area contributed by atoms with Crippen molar-refractivity contribution in [3.63, 3.8) is 0 Å². The van der Waals surface area contributed by atoms with E-state index in [9.17, 15) is 5.11 Å². The van der Waals surface area contributed by atoms with E-state index in [1.54, 1.807) is 0 Å². The van der Waals surface area contributed by atoms with E-state index in [-0.39, 0.29) is 6.10 Å². The quantitative estimate of drug-likeness (QED) is 0.473. The predicted molar refractivity (Wildman–Crippen MR) is 65.9 cm³/mol. The number of hydrogen-bond acceptors (Lipinski definition) is 1. The Bertz CT molecular complexity index is 159. The van der Waals surface area contributed by atoms with Crippen LogP contribution < -0.4 is 0 Å². The molecule has 1 aliphatic rings. The zero-order chi connectivity index (χ0) is 10.9. The van der Waals surface area contributed by atoms with E-state index in [1.807, 2.05) is 6.08 Å². The maximum atomic E-state index is 9.85. The van der Waals surface area contributed by atoms with Gasteiger partial charge >= 0.3 is 0 Å². The van der Waals surface area contributed by atoms with E-state index in [0.717, 1.165) is 25.2 Å². The van der Waals surface area contributed by atoms with Crippen LogP contribution in [0.1, 0.15) is 64.2 Å². The van der Waals surface area contributed by atoms with Crippen LogP contribution in [0.5, 0.6) is 0 Å². The smallest absolute Gasteiger partial charge is 0.0542 e. The van der Waals surface area contributed by atoms with E-state index in [1.165, 1.54) is 44.9 Å². The largest absolute Gasteiger partial charge is 0.393 e. The average Bonchev–Trinajstić information content (AvgIpc) is 2.70. The molecule has 0 heterocycles. The zero-order valence-electron chi connectivity index (χ0n) is 9.96. The molecule has 15 heavy (non-hydrogen) atoms. The van der Waals surface area contributed by atoms with Gasteiger partial charge in [0.15, 0.2) is 0 Å². The molecule has 1 unspecified atom stereocenters. The van der Waals surface area contributed by atoms with Gasteiger partial charge < -0.3 is 5.11 Å². The van der Waals surface area contributed by atoms with E-state index in [4.69, 9.17) is 0 Å². The van der Waals surface area contributed by atoms with Gasteiger partial charge in [-0.1, -0.05) is 44.6 Å². The van der Waals surface area contributed by atoms with Crippen LogP contribution in [-0.2, 0) is 0 Å². The second-order valence-corrected chi connectivity index (χ2v) is 4.97. The second-order valence-electron chi connectivity index (χ2n) is 4.97. The minimum Gasteiger partial charge on any atom is -0.393 e. The predicted octanol–water partition coefficient (Wildman–Crippen LogP) is 4.06. The van der Waals surface area contributed by atoms with E-state index in [2.05, 4.69) is 6.58 Å². The fourth-order valence-electron chi connectivity index (χ4n) is 2.59. The standard InChI is InChI=1S/C14H26O/c1-2-3-4-5-6-11-14(15)12-13-9-7-8-10-13/h2,13-15H,1,3-12H2. The summed E-state index contributed by atoms with van der Waals surface area (Å²) in [6.07, 6.45) is 14.3. The summed E-state index contributed by atoms with van der Waals surface area (Å²) in [6, 6.07) is 0. The van der Waals surface area contributed by atoms with Crippen molar-refractivity contribution in [2.24, 2.45) is 5.92 Å². The van der Waals surface area contributed by atoms with Crippen LogP contribution in [0, 0.1) is 5.92 Å². The number of aliphatic hydroxyl groups excluding tert-OH is 1. The molecule has 0 aromatic rings. The van der Waals surface area contributed by atoms with Crippen LogP contribution in [-0.4, -0.2) is 11.2 Å². The molecule has 0 amide bonds. The summed E-state index contributed by atoms with van der Waals surface area (Å²) in [5, 5.41) is 9.85. The minimum atomic E-state index is -0.0307. The third kappa shape index (κ3) is 5.99. The molecule has 0 aromatic carbocycles. The molecule has 0 radical (unpaired) electrons. The molecule has 0 bridgehead atoms. The lowest BCUT2D eigenvalue weighted by Gasteiger charge is -2.14. The molecule has 0 spiro atoms. The maximum Gasteiger partial charge on any atom is 0.0542 e. The molecular weight excluding hydrogens is 184 g/mol. The highest BCUT2D eigenvalue weighted by molar-refractivity contribution is 4.71. The van der Waals surface area contributed by atoms with Gasteiger partial charge in [-0.25, -0.2) is 0 Å². The summed E-state index contributed by atoms with van der Waals surface area (Å²) in [6.45, 7) is 3.71. The van der Waals surface area contributed by atoms with Crippen molar-refractivity contribution in [2.75, 3.05) is 0 Å². The Hall–Kier alpha value is -0.300. The van der Waals surface area contributed by atoms with Crippen LogP contribution in [0.2, 0.25) is 0 Å². The molecule has 1 saturated carbocycles. The molecule has 1 nitrogen and oxygen atoms in total. The van der Waals surface area contributed by atoms with Crippen molar-refractivity contribution in [3.05, 3.63) is 12.7 Å². The van der Waals surface area contributed by atoms with E-state index in [0.29, 0.717) is 0 Å². The van der Waals surface area contributed by atoms with Gasteiger partial charge in [-0.2, -0.15) is 0 Å². The number of aliphatic hydroxyl groups is 1. The van der Waals surface area contributed by atoms with Gasteiger partial charge in [0, 0.05) is 0 Å². The first-order valence-corrected chi connectivity index (χ1v) is 6.62. The summed E-state index contributed by atoms with van der Waals surface area (Å²) in [5.74, 6) is 0.827. The topological polar surface area (TPSA) is 20.2 Å². The number of rotatable bonds is 8. The van der Waals surface area contributed by atoms with Gasteiger partial charge in [0.25, 0.3) is 0 Å². The van der Waals surface area contributed by atoms with Crippen molar-refractivity contribution in [1.29, 1.82) is 0 Å². The fraction of sp³-hybridized carbons (Fsp3) is 0.857. The average molecular weight is 210 g/mol. The van der Waals surface area contributed by atoms with E-state index >= 15 is 0 Å². The van der Waals surface area contributed by atoms with Gasteiger partial charge in [-0.15, -0.1) is 6.58 Å². The van der Waals surface area contributed by atoms with Crippen LogP contribution in [0.3, 0.4) is 0 Å². The molecular formula is C14H26O. The molecule has 0 aliphatic heterocycles. The van der Waals surface area contributed by atoms with Crippen LogP contribution in [0.25, 0.3) is 0 Å². The summed E-state index contributed by atoms with van der Waals surface area (Å²) in [7, 11) is 0. The number of unbranched alkanes of at least 4 members (excludes halogenated alkanes) is 3. The number of allylic oxidation sites excluding steroid dienone is 1. The Kier molecular flexibility index (Phi) is 6.74. The molecule has 0 aromatic heterocycles. The lowest BCUT2D eigenvalue weighted by Crippen LogP contribution is -2.11. The Balaban J connectivity index is 1.93. The third-order valence-corrected chi connectivity index (χ3v) is 3.53. The van der Waals surface area contributed by atoms with Gasteiger partial charge in [-0.3, -0.25) is 0 Å². The van der Waals surface area contributed by atoms with Crippen LogP contribution >= 0.6 is 0 Å². The SMILES string of the molecule is C=CCCCCCC(O)CC1CCCC1. The highest BCUT2D eigenvalue weighted by atomic mass is 16.3. The van der Waals surface area contributed by atoms with Crippen molar-refractivity contribution in [1.82, 2.24) is 0 Å². The fourth-order valence-corrected chi connectivity index (χ4v) is 2.59. The highest BCUT2D eigenvalue weighted by Gasteiger charge is 2.18. The molecule has 1 N–H and O–H groups in total. The first-order valence-electron chi connectivity index (χ1n) is 6.62. The van der Waals surface area contributed by atoms with Crippen molar-refractivity contribution < 1.29 is 5.11 Å².